The average Bonchev–Trinajstić information content (AvgIpc) is 1.65. The Kier molecular flexibility index (Phi) is 1.91. The lowest BCUT2D eigenvalue weighted by atomic mass is 10.4. The Labute approximate surface area is 40.9 Å². The first kappa shape index (κ1) is 6.01. The SMILES string of the molecule is CC(=CO)C(=O)O. The lowest BCUT2D eigenvalue weighted by Gasteiger charge is -1.83. The van der Waals surface area contributed by atoms with Gasteiger partial charge < -0.3 is 10.2 Å². The van der Waals surface area contributed by atoms with Gasteiger partial charge in [0.1, 0.15) is 0 Å². The summed E-state index contributed by atoms with van der Waals surface area (Å²) in [5, 5.41) is 15.9. The molecule has 0 saturated carbocycles. The van der Waals surface area contributed by atoms with Gasteiger partial charge in [-0.3, -0.25) is 0 Å². The van der Waals surface area contributed by atoms with Crippen molar-refractivity contribution in [3.05, 3.63) is 11.8 Å². The number of carboxylic acid groups (broad SMARTS) is 1. The zero-order valence-electron chi connectivity index (χ0n) is 3.88. The van der Waals surface area contributed by atoms with Crippen molar-refractivity contribution in [2.45, 2.75) is 6.92 Å². The van der Waals surface area contributed by atoms with Crippen LogP contribution in [0.1, 0.15) is 6.92 Å². The molecule has 0 aliphatic carbocycles. The first-order valence-electron chi connectivity index (χ1n) is 1.72. The molecule has 0 saturated heterocycles. The number of aliphatic carboxylic acids is 1. The van der Waals surface area contributed by atoms with Crippen molar-refractivity contribution < 1.29 is 15.0 Å². The Balaban J connectivity index is 3.82. The van der Waals surface area contributed by atoms with Gasteiger partial charge >= 0.3 is 5.97 Å². The van der Waals surface area contributed by atoms with Crippen LogP contribution < -0.4 is 0 Å². The monoisotopic (exact) mass is 102 g/mol. The van der Waals surface area contributed by atoms with Crippen LogP contribution in [0.15, 0.2) is 11.8 Å². The molecule has 0 rings (SSSR count). The van der Waals surface area contributed by atoms with Gasteiger partial charge in [0.25, 0.3) is 0 Å². The summed E-state index contributed by atoms with van der Waals surface area (Å²) in [6.45, 7) is 1.31. The molecule has 0 aromatic heterocycles. The quantitative estimate of drug-likeness (QED) is 0.375. The van der Waals surface area contributed by atoms with E-state index < -0.39 is 5.97 Å². The van der Waals surface area contributed by atoms with Crippen LogP contribution in [-0.2, 0) is 4.79 Å². The number of carboxylic acids is 1. The fourth-order valence-corrected chi connectivity index (χ4v) is 0.0552. The Morgan fingerprint density at radius 1 is 1.71 bits per heavy atom. The summed E-state index contributed by atoms with van der Waals surface area (Å²) in [6, 6.07) is 0. The molecular formula is C4H6O3. The molecule has 0 amide bonds. The summed E-state index contributed by atoms with van der Waals surface area (Å²) >= 11 is 0. The molecule has 7 heavy (non-hydrogen) atoms. The molecule has 0 aromatic carbocycles. The predicted octanol–water partition coefficient (Wildman–Crippen LogP) is 0.533. The van der Waals surface area contributed by atoms with E-state index in [1.165, 1.54) is 6.92 Å². The molecule has 0 heterocycles. The highest BCUT2D eigenvalue weighted by Crippen LogP contribution is 1.86. The minimum absolute atomic E-state index is 0.0556. The average molecular weight is 102 g/mol. The highest BCUT2D eigenvalue weighted by atomic mass is 16.4. The van der Waals surface area contributed by atoms with E-state index in [2.05, 4.69) is 0 Å². The van der Waals surface area contributed by atoms with Gasteiger partial charge in [0, 0.05) is 0 Å². The van der Waals surface area contributed by atoms with Crippen molar-refractivity contribution in [1.29, 1.82) is 0 Å². The van der Waals surface area contributed by atoms with Crippen molar-refractivity contribution in [3.63, 3.8) is 0 Å². The minimum atomic E-state index is -1.09. The second kappa shape index (κ2) is 2.23. The fraction of sp³-hybridized carbons (Fsp3) is 0.250. The van der Waals surface area contributed by atoms with E-state index in [0.717, 1.165) is 0 Å². The lowest BCUT2D eigenvalue weighted by molar-refractivity contribution is -0.132. The molecule has 0 aromatic rings. The molecule has 2 N–H and O–H groups in total. The topological polar surface area (TPSA) is 57.5 Å². The number of hydrogen-bond acceptors (Lipinski definition) is 2. The molecule has 0 radical (unpaired) electrons. The van der Waals surface area contributed by atoms with Crippen LogP contribution in [0.25, 0.3) is 0 Å². The third-order valence-electron chi connectivity index (χ3n) is 0.531. The van der Waals surface area contributed by atoms with Crippen molar-refractivity contribution in [1.82, 2.24) is 0 Å². The maximum absolute atomic E-state index is 9.70. The predicted molar refractivity (Wildman–Crippen MR) is 24.0 cm³/mol. The van der Waals surface area contributed by atoms with E-state index in [-0.39, 0.29) is 5.57 Å². The van der Waals surface area contributed by atoms with Crippen molar-refractivity contribution in [2.75, 3.05) is 0 Å². The van der Waals surface area contributed by atoms with Crippen LogP contribution in [0.2, 0.25) is 0 Å². The molecule has 0 bridgehead atoms. The summed E-state index contributed by atoms with van der Waals surface area (Å²) in [6.07, 6.45) is 0.558. The Morgan fingerprint density at radius 2 is 2.14 bits per heavy atom. The van der Waals surface area contributed by atoms with Crippen LogP contribution in [0.5, 0.6) is 0 Å². The van der Waals surface area contributed by atoms with E-state index in [9.17, 15) is 4.79 Å². The number of aliphatic hydroxyl groups is 1. The fourth-order valence-electron chi connectivity index (χ4n) is 0.0552. The molecular weight excluding hydrogens is 96.0 g/mol. The normalized spacial score (nSPS) is 11.3. The van der Waals surface area contributed by atoms with Gasteiger partial charge in [0.05, 0.1) is 11.8 Å². The van der Waals surface area contributed by atoms with Gasteiger partial charge in [-0.15, -0.1) is 0 Å². The van der Waals surface area contributed by atoms with Gasteiger partial charge in [-0.25, -0.2) is 4.79 Å². The Morgan fingerprint density at radius 3 is 2.14 bits per heavy atom. The van der Waals surface area contributed by atoms with Gasteiger partial charge in [-0.1, -0.05) is 0 Å². The van der Waals surface area contributed by atoms with E-state index in [1.807, 2.05) is 0 Å². The highest BCUT2D eigenvalue weighted by molar-refractivity contribution is 5.85. The molecule has 3 heteroatoms. The van der Waals surface area contributed by atoms with E-state index >= 15 is 0 Å². The van der Waals surface area contributed by atoms with Crippen LogP contribution in [0, 0.1) is 0 Å². The summed E-state index contributed by atoms with van der Waals surface area (Å²) < 4.78 is 0. The zero-order chi connectivity index (χ0) is 5.86. The minimum Gasteiger partial charge on any atom is -0.515 e. The van der Waals surface area contributed by atoms with Gasteiger partial charge in [-0.2, -0.15) is 0 Å². The van der Waals surface area contributed by atoms with Crippen LogP contribution in [0.3, 0.4) is 0 Å². The van der Waals surface area contributed by atoms with E-state index in [0.29, 0.717) is 6.26 Å². The van der Waals surface area contributed by atoms with E-state index in [1.54, 1.807) is 0 Å². The summed E-state index contributed by atoms with van der Waals surface area (Å²) in [5.74, 6) is -1.09. The maximum atomic E-state index is 9.70. The molecule has 3 nitrogen and oxygen atoms in total. The van der Waals surface area contributed by atoms with Crippen LogP contribution in [0.4, 0.5) is 0 Å². The second-order valence-corrected chi connectivity index (χ2v) is 1.12. The summed E-state index contributed by atoms with van der Waals surface area (Å²) in [4.78, 5) is 9.70. The van der Waals surface area contributed by atoms with Gasteiger partial charge in [-0.05, 0) is 6.92 Å². The highest BCUT2D eigenvalue weighted by Gasteiger charge is 1.95. The zero-order valence-corrected chi connectivity index (χ0v) is 3.88. The first-order valence-corrected chi connectivity index (χ1v) is 1.72. The number of carbonyl (C=O) groups is 1. The number of rotatable bonds is 1. The number of hydrogen-bond donors (Lipinski definition) is 2. The Bertz CT molecular complexity index is 104. The molecule has 0 fully saturated rings. The van der Waals surface area contributed by atoms with Crippen molar-refractivity contribution in [2.24, 2.45) is 0 Å². The van der Waals surface area contributed by atoms with Gasteiger partial charge in [0.15, 0.2) is 0 Å². The van der Waals surface area contributed by atoms with Crippen molar-refractivity contribution in [3.8, 4) is 0 Å². The third kappa shape index (κ3) is 1.81. The molecule has 0 atom stereocenters. The smallest absolute Gasteiger partial charge is 0.334 e. The second-order valence-electron chi connectivity index (χ2n) is 1.12. The third-order valence-corrected chi connectivity index (χ3v) is 0.531. The standard InChI is InChI=1S/C4H6O3/c1-3(2-5)4(6)7/h2,5H,1H3,(H,6,7). The molecule has 0 unspecified atom stereocenters. The Hall–Kier alpha value is -0.990. The largest absolute Gasteiger partial charge is 0.515 e. The summed E-state index contributed by atoms with van der Waals surface area (Å²) in [5.41, 5.74) is -0.0556. The van der Waals surface area contributed by atoms with Gasteiger partial charge in [0.2, 0.25) is 0 Å². The number of aliphatic hydroxyl groups excluding tert-OH is 1. The van der Waals surface area contributed by atoms with Crippen LogP contribution >= 0.6 is 0 Å². The van der Waals surface area contributed by atoms with E-state index in [4.69, 9.17) is 10.2 Å². The molecule has 40 valence electrons. The maximum Gasteiger partial charge on any atom is 0.334 e. The van der Waals surface area contributed by atoms with Crippen LogP contribution in [-0.4, -0.2) is 16.2 Å². The molecule has 0 spiro atoms. The molecule has 0 aliphatic rings. The first-order chi connectivity index (χ1) is 3.18. The summed E-state index contributed by atoms with van der Waals surface area (Å²) in [7, 11) is 0. The van der Waals surface area contributed by atoms with Crippen molar-refractivity contribution >= 4 is 5.97 Å². The molecule has 0 aliphatic heterocycles. The lowest BCUT2D eigenvalue weighted by Crippen LogP contribution is -1.94.